The summed E-state index contributed by atoms with van der Waals surface area (Å²) in [6.07, 6.45) is 8.90. The Labute approximate surface area is 169 Å². The van der Waals surface area contributed by atoms with Gasteiger partial charge >= 0.3 is 0 Å². The van der Waals surface area contributed by atoms with Crippen LogP contribution in [-0.4, -0.2) is 31.5 Å². The Balaban J connectivity index is 1.24. The van der Waals surface area contributed by atoms with Crippen LogP contribution in [-0.2, 0) is 4.84 Å². The number of benzene rings is 1. The first kappa shape index (κ1) is 20.3. The highest BCUT2D eigenvalue weighted by Gasteiger charge is 2.28. The van der Waals surface area contributed by atoms with Gasteiger partial charge in [0, 0.05) is 25.2 Å². The molecule has 0 aromatic heterocycles. The molecule has 0 amide bonds. The minimum absolute atomic E-state index is 0.0388. The van der Waals surface area contributed by atoms with Crippen LogP contribution in [0.4, 0.5) is 0 Å². The van der Waals surface area contributed by atoms with Crippen LogP contribution in [0.2, 0.25) is 0 Å². The Morgan fingerprint density at radius 3 is 2.36 bits per heavy atom. The van der Waals surface area contributed by atoms with Gasteiger partial charge in [0.1, 0.15) is 12.4 Å². The molecule has 5 unspecified atom stereocenters. The molecule has 0 radical (unpaired) electrons. The van der Waals surface area contributed by atoms with E-state index in [1.165, 1.54) is 49.7 Å². The normalized spacial score (nSPS) is 33.5. The van der Waals surface area contributed by atoms with Gasteiger partial charge in [0.15, 0.2) is 0 Å². The number of rotatable bonds is 5. The van der Waals surface area contributed by atoms with Gasteiger partial charge in [0.05, 0.1) is 6.17 Å². The van der Waals surface area contributed by atoms with Gasteiger partial charge in [-0.3, -0.25) is 20.8 Å². The van der Waals surface area contributed by atoms with E-state index in [2.05, 4.69) is 57.9 Å². The second kappa shape index (κ2) is 9.65. The van der Waals surface area contributed by atoms with Crippen LogP contribution in [0.25, 0.3) is 0 Å². The molecule has 1 aromatic carbocycles. The second-order valence-electron chi connectivity index (χ2n) is 8.76. The van der Waals surface area contributed by atoms with Crippen LogP contribution in [0.1, 0.15) is 75.7 Å². The molecule has 4 rings (SSSR count). The zero-order valence-electron chi connectivity index (χ0n) is 17.3. The predicted octanol–water partition coefficient (Wildman–Crippen LogP) is 2.66. The van der Waals surface area contributed by atoms with Gasteiger partial charge in [0.2, 0.25) is 0 Å². The van der Waals surface area contributed by atoms with Crippen LogP contribution in [0.15, 0.2) is 24.3 Å². The number of hydrogen-bond donors (Lipinski definition) is 5. The molecule has 0 bridgehead atoms. The van der Waals surface area contributed by atoms with Crippen molar-refractivity contribution in [3.05, 3.63) is 35.4 Å². The minimum atomic E-state index is 0.0388. The quantitative estimate of drug-likeness (QED) is 0.501. The monoisotopic (exact) mass is 387 g/mol. The van der Waals surface area contributed by atoms with Crippen molar-refractivity contribution in [2.75, 3.05) is 13.1 Å². The van der Waals surface area contributed by atoms with E-state index in [0.29, 0.717) is 18.2 Å². The van der Waals surface area contributed by atoms with Gasteiger partial charge in [-0.05, 0) is 43.7 Å². The molecule has 0 spiro atoms. The van der Waals surface area contributed by atoms with Gasteiger partial charge in [-0.1, -0.05) is 49.9 Å². The van der Waals surface area contributed by atoms with Crippen molar-refractivity contribution in [1.29, 1.82) is 0 Å². The van der Waals surface area contributed by atoms with Crippen molar-refractivity contribution in [1.82, 2.24) is 26.7 Å². The van der Waals surface area contributed by atoms with Crippen LogP contribution in [0.5, 0.6) is 0 Å². The first-order valence-electron chi connectivity index (χ1n) is 11.2. The molecule has 28 heavy (non-hydrogen) atoms. The molecule has 3 fully saturated rings. The lowest BCUT2D eigenvalue weighted by Crippen LogP contribution is -2.61. The first-order chi connectivity index (χ1) is 13.7. The first-order valence-corrected chi connectivity index (χ1v) is 11.2. The Morgan fingerprint density at radius 1 is 1.00 bits per heavy atom. The standard InChI is InChI=1S/C22H37N5O/c1-15(17-9-11-19(12-10-17)22-26-16(2)28-27-22)25-21-14-23-20(13-24-21)18-7-5-3-4-6-8-18/h9-12,15-16,18,20-27H,3-8,13-14H2,1-2H3. The highest BCUT2D eigenvalue weighted by molar-refractivity contribution is 5.27. The van der Waals surface area contributed by atoms with Crippen LogP contribution >= 0.6 is 0 Å². The fourth-order valence-electron chi connectivity index (χ4n) is 4.86. The van der Waals surface area contributed by atoms with E-state index < -0.39 is 0 Å². The number of hydrogen-bond acceptors (Lipinski definition) is 6. The molecular weight excluding hydrogens is 350 g/mol. The molecular formula is C22H37N5O. The lowest BCUT2D eigenvalue weighted by molar-refractivity contribution is 0.0329. The SMILES string of the molecule is CC1NC(c2ccc(C(C)NC3CNC(C4CCCCCC4)CN3)cc2)NO1. The Kier molecular flexibility index (Phi) is 6.99. The van der Waals surface area contributed by atoms with Crippen molar-refractivity contribution in [2.24, 2.45) is 5.92 Å². The molecule has 156 valence electrons. The fraction of sp³-hybridized carbons (Fsp3) is 0.727. The number of hydroxylamine groups is 1. The van der Waals surface area contributed by atoms with Crippen molar-refractivity contribution in [3.8, 4) is 0 Å². The zero-order valence-corrected chi connectivity index (χ0v) is 17.3. The molecule has 1 aliphatic carbocycles. The summed E-state index contributed by atoms with van der Waals surface area (Å²) >= 11 is 0. The van der Waals surface area contributed by atoms with E-state index in [1.54, 1.807) is 0 Å². The minimum Gasteiger partial charge on any atom is -0.310 e. The van der Waals surface area contributed by atoms with Crippen LogP contribution in [0.3, 0.4) is 0 Å². The van der Waals surface area contributed by atoms with Crippen LogP contribution < -0.4 is 26.7 Å². The summed E-state index contributed by atoms with van der Waals surface area (Å²) in [5, 5.41) is 14.6. The van der Waals surface area contributed by atoms with Crippen molar-refractivity contribution >= 4 is 0 Å². The summed E-state index contributed by atoms with van der Waals surface area (Å²) in [4.78, 5) is 5.37. The molecule has 5 N–H and O–H groups in total. The maximum absolute atomic E-state index is 5.37. The molecule has 2 saturated heterocycles. The largest absolute Gasteiger partial charge is 0.310 e. The third-order valence-corrected chi connectivity index (χ3v) is 6.62. The third kappa shape index (κ3) is 5.12. The fourth-order valence-corrected chi connectivity index (χ4v) is 4.86. The molecule has 1 aromatic rings. The van der Waals surface area contributed by atoms with Gasteiger partial charge < -0.3 is 5.32 Å². The van der Waals surface area contributed by atoms with Gasteiger partial charge in [-0.15, -0.1) is 0 Å². The van der Waals surface area contributed by atoms with E-state index in [9.17, 15) is 0 Å². The molecule has 5 atom stereocenters. The lowest BCUT2D eigenvalue weighted by atomic mass is 9.90. The Morgan fingerprint density at radius 2 is 1.75 bits per heavy atom. The number of piperazine rings is 1. The topological polar surface area (TPSA) is 69.4 Å². The van der Waals surface area contributed by atoms with Gasteiger partial charge in [0.25, 0.3) is 0 Å². The van der Waals surface area contributed by atoms with E-state index in [0.717, 1.165) is 19.0 Å². The van der Waals surface area contributed by atoms with E-state index in [-0.39, 0.29) is 12.4 Å². The van der Waals surface area contributed by atoms with E-state index >= 15 is 0 Å². The molecule has 3 aliphatic rings. The summed E-state index contributed by atoms with van der Waals surface area (Å²) in [6.45, 7) is 6.31. The second-order valence-corrected chi connectivity index (χ2v) is 8.76. The molecule has 6 heteroatoms. The summed E-state index contributed by atoms with van der Waals surface area (Å²) in [5.74, 6) is 0.852. The zero-order chi connectivity index (χ0) is 19.3. The smallest absolute Gasteiger partial charge is 0.128 e. The van der Waals surface area contributed by atoms with Gasteiger partial charge in [-0.2, -0.15) is 5.48 Å². The van der Waals surface area contributed by atoms with Crippen molar-refractivity contribution in [2.45, 2.75) is 83.0 Å². The molecule has 6 nitrogen and oxygen atoms in total. The third-order valence-electron chi connectivity index (χ3n) is 6.62. The maximum atomic E-state index is 5.37. The summed E-state index contributed by atoms with van der Waals surface area (Å²) in [5.41, 5.74) is 5.53. The average Bonchev–Trinajstić information content (AvgIpc) is 2.98. The van der Waals surface area contributed by atoms with Crippen LogP contribution in [0, 0.1) is 5.92 Å². The maximum Gasteiger partial charge on any atom is 0.128 e. The summed E-state index contributed by atoms with van der Waals surface area (Å²) in [6, 6.07) is 9.72. The number of nitrogens with one attached hydrogen (secondary N) is 5. The summed E-state index contributed by atoms with van der Waals surface area (Å²) in [7, 11) is 0. The predicted molar refractivity (Wildman–Crippen MR) is 112 cm³/mol. The highest BCUT2D eigenvalue weighted by Crippen LogP contribution is 2.26. The highest BCUT2D eigenvalue weighted by atomic mass is 16.7. The average molecular weight is 388 g/mol. The van der Waals surface area contributed by atoms with E-state index in [4.69, 9.17) is 4.84 Å². The lowest BCUT2D eigenvalue weighted by Gasteiger charge is -2.37. The summed E-state index contributed by atoms with van der Waals surface area (Å²) < 4.78 is 0. The van der Waals surface area contributed by atoms with Crippen molar-refractivity contribution < 1.29 is 4.84 Å². The van der Waals surface area contributed by atoms with Crippen molar-refractivity contribution in [3.63, 3.8) is 0 Å². The molecule has 2 heterocycles. The van der Waals surface area contributed by atoms with Gasteiger partial charge in [-0.25, -0.2) is 0 Å². The Hall–Kier alpha value is -1.02. The van der Waals surface area contributed by atoms with E-state index in [1.807, 2.05) is 6.92 Å². The Bertz CT molecular complexity index is 593. The molecule has 2 aliphatic heterocycles. The molecule has 1 saturated carbocycles.